The number of nitrogens with zero attached hydrogens (tertiary/aromatic N) is 1. The molecule has 1 amide bonds. The highest BCUT2D eigenvalue weighted by Crippen LogP contribution is 2.25. The third-order valence-corrected chi connectivity index (χ3v) is 4.51. The summed E-state index contributed by atoms with van der Waals surface area (Å²) in [5.74, 6) is -0.296. The van der Waals surface area contributed by atoms with Gasteiger partial charge in [0.15, 0.2) is 0 Å². The van der Waals surface area contributed by atoms with E-state index >= 15 is 0 Å². The second-order valence-corrected chi connectivity index (χ2v) is 6.39. The Kier molecular flexibility index (Phi) is 5.35. The molecule has 1 N–H and O–H groups in total. The first-order valence-electron chi connectivity index (χ1n) is 8.51. The maximum absolute atomic E-state index is 12.7. The van der Waals surface area contributed by atoms with E-state index in [0.717, 1.165) is 18.6 Å². The van der Waals surface area contributed by atoms with Crippen LogP contribution in [-0.4, -0.2) is 53.8 Å². The molecule has 1 unspecified atom stereocenters. The van der Waals surface area contributed by atoms with Gasteiger partial charge in [0.1, 0.15) is 5.75 Å². The number of hydrogen-bond donors (Lipinski definition) is 1. The zero-order valence-corrected chi connectivity index (χ0v) is 13.6. The third-order valence-electron chi connectivity index (χ3n) is 4.51. The summed E-state index contributed by atoms with van der Waals surface area (Å²) in [6.07, 6.45) is 4.24. The second kappa shape index (κ2) is 7.66. The first-order chi connectivity index (χ1) is 11.6. The number of carbonyl (C=O) groups is 2. The van der Waals surface area contributed by atoms with Crippen LogP contribution in [0.5, 0.6) is 5.75 Å². The van der Waals surface area contributed by atoms with E-state index < -0.39 is 12.1 Å². The summed E-state index contributed by atoms with van der Waals surface area (Å²) in [5.41, 5.74) is 0.571. The first kappa shape index (κ1) is 16.8. The predicted molar refractivity (Wildman–Crippen MR) is 87.2 cm³/mol. The summed E-state index contributed by atoms with van der Waals surface area (Å²) in [4.78, 5) is 25.2. The van der Waals surface area contributed by atoms with Gasteiger partial charge in [-0.05, 0) is 43.9 Å². The predicted octanol–water partition coefficient (Wildman–Crippen LogP) is 2.32. The molecular weight excluding hydrogens is 310 g/mol. The summed E-state index contributed by atoms with van der Waals surface area (Å²) in [6.45, 7) is 1.14. The van der Waals surface area contributed by atoms with Crippen molar-refractivity contribution in [2.45, 2.75) is 44.3 Å². The van der Waals surface area contributed by atoms with E-state index in [1.54, 1.807) is 17.0 Å². The molecule has 0 bridgehead atoms. The van der Waals surface area contributed by atoms with Crippen LogP contribution in [0.4, 0.5) is 0 Å². The molecule has 24 heavy (non-hydrogen) atoms. The van der Waals surface area contributed by atoms with Crippen LogP contribution in [-0.2, 0) is 9.53 Å². The molecule has 1 saturated heterocycles. The molecule has 0 aromatic heterocycles. The van der Waals surface area contributed by atoms with Gasteiger partial charge < -0.3 is 19.5 Å². The van der Waals surface area contributed by atoms with Crippen LogP contribution in [0, 0.1) is 0 Å². The highest BCUT2D eigenvalue weighted by Gasteiger charge is 2.27. The Morgan fingerprint density at radius 3 is 2.83 bits per heavy atom. The van der Waals surface area contributed by atoms with Crippen molar-refractivity contribution >= 4 is 11.9 Å². The van der Waals surface area contributed by atoms with E-state index in [1.165, 1.54) is 12.8 Å². The molecule has 6 nitrogen and oxygen atoms in total. The van der Waals surface area contributed by atoms with Gasteiger partial charge in [-0.25, -0.2) is 0 Å². The number of amides is 1. The van der Waals surface area contributed by atoms with Gasteiger partial charge in [-0.15, -0.1) is 0 Å². The number of carbonyl (C=O) groups excluding carboxylic acids is 1. The Balaban J connectivity index is 1.64. The van der Waals surface area contributed by atoms with E-state index in [0.29, 0.717) is 25.3 Å². The number of carboxylic acid groups (broad SMARTS) is 1. The molecule has 3 rings (SSSR count). The number of morpholine rings is 1. The zero-order valence-electron chi connectivity index (χ0n) is 13.6. The van der Waals surface area contributed by atoms with Crippen molar-refractivity contribution in [2.75, 3.05) is 19.7 Å². The largest absolute Gasteiger partial charge is 0.490 e. The molecule has 1 aliphatic heterocycles. The lowest BCUT2D eigenvalue weighted by Crippen LogP contribution is -2.46. The Hall–Kier alpha value is -2.08. The minimum atomic E-state index is -0.916. The monoisotopic (exact) mass is 333 g/mol. The number of carboxylic acids is 1. The van der Waals surface area contributed by atoms with Gasteiger partial charge in [-0.2, -0.15) is 0 Å². The average Bonchev–Trinajstić information content (AvgIpc) is 3.07. The Morgan fingerprint density at radius 2 is 2.08 bits per heavy atom. The maximum Gasteiger partial charge on any atom is 0.306 e. The van der Waals surface area contributed by atoms with Gasteiger partial charge in [0.2, 0.25) is 0 Å². The molecule has 2 aliphatic rings. The normalized spacial score (nSPS) is 21.7. The second-order valence-electron chi connectivity index (χ2n) is 6.39. The molecule has 6 heteroatoms. The molecule has 1 aromatic carbocycles. The molecule has 1 heterocycles. The first-order valence-corrected chi connectivity index (χ1v) is 8.51. The lowest BCUT2D eigenvalue weighted by atomic mass is 10.1. The molecule has 1 aliphatic carbocycles. The van der Waals surface area contributed by atoms with Crippen LogP contribution < -0.4 is 4.74 Å². The van der Waals surface area contributed by atoms with Crippen LogP contribution >= 0.6 is 0 Å². The fourth-order valence-corrected chi connectivity index (χ4v) is 3.31. The lowest BCUT2D eigenvalue weighted by molar-refractivity contribution is -0.141. The van der Waals surface area contributed by atoms with Crippen molar-refractivity contribution in [1.29, 1.82) is 0 Å². The molecule has 1 saturated carbocycles. The zero-order chi connectivity index (χ0) is 16.9. The topological polar surface area (TPSA) is 76.1 Å². The van der Waals surface area contributed by atoms with Crippen molar-refractivity contribution in [2.24, 2.45) is 0 Å². The summed E-state index contributed by atoms with van der Waals surface area (Å²) in [6, 6.07) is 7.25. The van der Waals surface area contributed by atoms with Crippen molar-refractivity contribution in [3.63, 3.8) is 0 Å². The van der Waals surface area contributed by atoms with Gasteiger partial charge in [0.25, 0.3) is 5.91 Å². The van der Waals surface area contributed by atoms with E-state index in [1.807, 2.05) is 12.1 Å². The van der Waals surface area contributed by atoms with Gasteiger partial charge in [0.05, 0.1) is 25.2 Å². The molecular formula is C18H23NO5. The summed E-state index contributed by atoms with van der Waals surface area (Å²) in [7, 11) is 0. The molecule has 130 valence electrons. The number of hydrogen-bond acceptors (Lipinski definition) is 4. The SMILES string of the molecule is O=C(O)CC1CN(C(=O)c2cccc(OC3CCCC3)c2)CCO1. The van der Waals surface area contributed by atoms with Gasteiger partial charge >= 0.3 is 5.97 Å². The van der Waals surface area contributed by atoms with E-state index in [4.69, 9.17) is 14.6 Å². The lowest BCUT2D eigenvalue weighted by Gasteiger charge is -2.32. The number of aliphatic carboxylic acids is 1. The third kappa shape index (κ3) is 4.26. The molecule has 1 atom stereocenters. The highest BCUT2D eigenvalue weighted by molar-refractivity contribution is 5.94. The number of rotatable bonds is 5. The molecule has 1 aromatic rings. The summed E-state index contributed by atoms with van der Waals surface area (Å²) in [5, 5.41) is 8.88. The minimum absolute atomic E-state index is 0.0887. The fraction of sp³-hybridized carbons (Fsp3) is 0.556. The van der Waals surface area contributed by atoms with Crippen molar-refractivity contribution in [3.05, 3.63) is 29.8 Å². The van der Waals surface area contributed by atoms with Crippen molar-refractivity contribution in [1.82, 2.24) is 4.90 Å². The van der Waals surface area contributed by atoms with Gasteiger partial charge in [-0.1, -0.05) is 6.07 Å². The van der Waals surface area contributed by atoms with Crippen molar-refractivity contribution < 1.29 is 24.2 Å². The number of benzene rings is 1. The Bertz CT molecular complexity index is 597. The fourth-order valence-electron chi connectivity index (χ4n) is 3.31. The highest BCUT2D eigenvalue weighted by atomic mass is 16.5. The minimum Gasteiger partial charge on any atom is -0.490 e. The molecule has 0 spiro atoms. The Morgan fingerprint density at radius 1 is 1.29 bits per heavy atom. The number of ether oxygens (including phenoxy) is 2. The van der Waals surface area contributed by atoms with Crippen LogP contribution in [0.3, 0.4) is 0 Å². The van der Waals surface area contributed by atoms with Crippen molar-refractivity contribution in [3.8, 4) is 5.75 Å². The molecule has 2 fully saturated rings. The Labute approximate surface area is 141 Å². The van der Waals surface area contributed by atoms with E-state index in [-0.39, 0.29) is 18.4 Å². The quantitative estimate of drug-likeness (QED) is 0.895. The van der Waals surface area contributed by atoms with Crippen LogP contribution in [0.15, 0.2) is 24.3 Å². The average molecular weight is 333 g/mol. The summed E-state index contributed by atoms with van der Waals surface area (Å²) < 4.78 is 11.4. The smallest absolute Gasteiger partial charge is 0.306 e. The van der Waals surface area contributed by atoms with Crippen LogP contribution in [0.25, 0.3) is 0 Å². The van der Waals surface area contributed by atoms with Gasteiger partial charge in [-0.3, -0.25) is 9.59 Å². The van der Waals surface area contributed by atoms with E-state index in [9.17, 15) is 9.59 Å². The van der Waals surface area contributed by atoms with Crippen LogP contribution in [0.2, 0.25) is 0 Å². The molecule has 0 radical (unpaired) electrons. The standard InChI is InChI=1S/C18H23NO5/c20-17(21)11-16-12-19(8-9-23-16)18(22)13-4-3-7-15(10-13)24-14-5-1-2-6-14/h3-4,7,10,14,16H,1-2,5-6,8-9,11-12H2,(H,20,21). The van der Waals surface area contributed by atoms with Crippen LogP contribution in [0.1, 0.15) is 42.5 Å². The van der Waals surface area contributed by atoms with Gasteiger partial charge in [0, 0.05) is 18.7 Å². The summed E-state index contributed by atoms with van der Waals surface area (Å²) >= 11 is 0. The maximum atomic E-state index is 12.7. The van der Waals surface area contributed by atoms with E-state index in [2.05, 4.69) is 0 Å².